The number of nitrogens with one attached hydrogen (secondary N) is 1. The Morgan fingerprint density at radius 1 is 1.50 bits per heavy atom. The topological polar surface area (TPSA) is 31.9 Å². The van der Waals surface area contributed by atoms with Crippen molar-refractivity contribution >= 4 is 12.2 Å². The first kappa shape index (κ1) is 9.80. The SMILES string of the molecule is Cc1cc(=S)nc(CN2CCCC2)[nH]1. The molecule has 14 heavy (non-hydrogen) atoms. The van der Waals surface area contributed by atoms with Gasteiger partial charge in [-0.25, -0.2) is 4.98 Å². The molecule has 1 fully saturated rings. The van der Waals surface area contributed by atoms with Crippen LogP contribution in [0, 0.1) is 11.6 Å². The van der Waals surface area contributed by atoms with Crippen molar-refractivity contribution in [3.8, 4) is 0 Å². The van der Waals surface area contributed by atoms with Crippen LogP contribution >= 0.6 is 12.2 Å². The van der Waals surface area contributed by atoms with Crippen molar-refractivity contribution in [1.29, 1.82) is 0 Å². The summed E-state index contributed by atoms with van der Waals surface area (Å²) in [6.45, 7) is 5.31. The summed E-state index contributed by atoms with van der Waals surface area (Å²) in [5.74, 6) is 0.997. The molecule has 0 bridgehead atoms. The van der Waals surface area contributed by atoms with Crippen LogP contribution in [0.3, 0.4) is 0 Å². The Hall–Kier alpha value is -0.740. The minimum absolute atomic E-state index is 0.690. The van der Waals surface area contributed by atoms with E-state index in [1.807, 2.05) is 13.0 Å². The van der Waals surface area contributed by atoms with Gasteiger partial charge in [0, 0.05) is 5.69 Å². The highest BCUT2D eigenvalue weighted by Crippen LogP contribution is 2.10. The van der Waals surface area contributed by atoms with Crippen LogP contribution in [0.1, 0.15) is 24.4 Å². The van der Waals surface area contributed by atoms with Crippen LogP contribution in [-0.2, 0) is 6.54 Å². The van der Waals surface area contributed by atoms with Gasteiger partial charge in [0.15, 0.2) is 0 Å². The van der Waals surface area contributed by atoms with Crippen molar-refractivity contribution in [3.63, 3.8) is 0 Å². The van der Waals surface area contributed by atoms with E-state index in [1.165, 1.54) is 25.9 Å². The summed E-state index contributed by atoms with van der Waals surface area (Å²) in [4.78, 5) is 9.98. The average molecular weight is 209 g/mol. The Labute approximate surface area is 89.2 Å². The summed E-state index contributed by atoms with van der Waals surface area (Å²) in [7, 11) is 0. The molecule has 1 aliphatic heterocycles. The number of aromatic amines is 1. The standard InChI is InChI=1S/C10H15N3S/c1-8-6-10(14)12-9(11-8)7-13-4-2-3-5-13/h6H,2-5,7H2,1H3,(H,11,12,14). The molecule has 0 saturated carbocycles. The van der Waals surface area contributed by atoms with Gasteiger partial charge in [-0.05, 0) is 38.9 Å². The van der Waals surface area contributed by atoms with E-state index in [0.717, 1.165) is 18.1 Å². The minimum Gasteiger partial charge on any atom is -0.346 e. The molecule has 0 atom stereocenters. The van der Waals surface area contributed by atoms with Gasteiger partial charge in [-0.3, -0.25) is 4.90 Å². The van der Waals surface area contributed by atoms with Crippen LogP contribution in [0.4, 0.5) is 0 Å². The van der Waals surface area contributed by atoms with E-state index in [9.17, 15) is 0 Å². The fraction of sp³-hybridized carbons (Fsp3) is 0.600. The van der Waals surface area contributed by atoms with Gasteiger partial charge in [-0.15, -0.1) is 0 Å². The summed E-state index contributed by atoms with van der Waals surface area (Å²) < 4.78 is 0.690. The van der Waals surface area contributed by atoms with Gasteiger partial charge in [0.05, 0.1) is 6.54 Å². The first-order valence-corrected chi connectivity index (χ1v) is 5.44. The maximum atomic E-state index is 5.08. The molecule has 1 aliphatic rings. The van der Waals surface area contributed by atoms with Crippen molar-refractivity contribution in [2.75, 3.05) is 13.1 Å². The Morgan fingerprint density at radius 2 is 2.21 bits per heavy atom. The Bertz CT molecular complexity index is 366. The van der Waals surface area contributed by atoms with Crippen LogP contribution in [0.15, 0.2) is 6.07 Å². The van der Waals surface area contributed by atoms with Gasteiger partial charge in [-0.1, -0.05) is 12.2 Å². The smallest absolute Gasteiger partial charge is 0.130 e. The fourth-order valence-corrected chi connectivity index (χ4v) is 2.16. The molecular weight excluding hydrogens is 194 g/mol. The third-order valence-electron chi connectivity index (χ3n) is 2.50. The van der Waals surface area contributed by atoms with Gasteiger partial charge < -0.3 is 4.98 Å². The van der Waals surface area contributed by atoms with E-state index < -0.39 is 0 Å². The summed E-state index contributed by atoms with van der Waals surface area (Å²) in [5.41, 5.74) is 1.10. The van der Waals surface area contributed by atoms with Crippen LogP contribution in [0.2, 0.25) is 0 Å². The molecule has 76 valence electrons. The molecule has 1 saturated heterocycles. The molecule has 0 unspecified atom stereocenters. The second-order valence-electron chi connectivity index (χ2n) is 3.83. The van der Waals surface area contributed by atoms with E-state index in [0.29, 0.717) is 4.64 Å². The number of aryl methyl sites for hydroxylation is 1. The van der Waals surface area contributed by atoms with Crippen molar-refractivity contribution in [1.82, 2.24) is 14.9 Å². The molecule has 1 N–H and O–H groups in total. The van der Waals surface area contributed by atoms with Gasteiger partial charge >= 0.3 is 0 Å². The first-order valence-electron chi connectivity index (χ1n) is 5.03. The molecular formula is C10H15N3S. The van der Waals surface area contributed by atoms with Gasteiger partial charge in [0.1, 0.15) is 10.5 Å². The van der Waals surface area contributed by atoms with E-state index in [1.54, 1.807) is 0 Å². The van der Waals surface area contributed by atoms with Crippen molar-refractivity contribution in [2.24, 2.45) is 0 Å². The number of aromatic nitrogens is 2. The third-order valence-corrected chi connectivity index (χ3v) is 2.71. The van der Waals surface area contributed by atoms with Crippen LogP contribution in [0.5, 0.6) is 0 Å². The lowest BCUT2D eigenvalue weighted by Crippen LogP contribution is -2.20. The van der Waals surface area contributed by atoms with Crippen LogP contribution in [-0.4, -0.2) is 28.0 Å². The monoisotopic (exact) mass is 209 g/mol. The molecule has 3 nitrogen and oxygen atoms in total. The highest BCUT2D eigenvalue weighted by molar-refractivity contribution is 7.71. The molecule has 0 amide bonds. The lowest BCUT2D eigenvalue weighted by molar-refractivity contribution is 0.322. The van der Waals surface area contributed by atoms with Crippen molar-refractivity contribution < 1.29 is 0 Å². The zero-order valence-electron chi connectivity index (χ0n) is 8.42. The Balaban J connectivity index is 2.11. The number of nitrogens with zero attached hydrogens (tertiary/aromatic N) is 2. The summed E-state index contributed by atoms with van der Waals surface area (Å²) >= 11 is 5.08. The van der Waals surface area contributed by atoms with Gasteiger partial charge in [0.2, 0.25) is 0 Å². The molecule has 0 spiro atoms. The second-order valence-corrected chi connectivity index (χ2v) is 4.25. The lowest BCUT2D eigenvalue weighted by Gasteiger charge is -2.13. The van der Waals surface area contributed by atoms with E-state index in [4.69, 9.17) is 12.2 Å². The summed E-state index contributed by atoms with van der Waals surface area (Å²) in [5, 5.41) is 0. The average Bonchev–Trinajstić information content (AvgIpc) is 2.54. The number of hydrogen-bond acceptors (Lipinski definition) is 3. The van der Waals surface area contributed by atoms with Gasteiger partial charge in [-0.2, -0.15) is 0 Å². The second kappa shape index (κ2) is 4.19. The summed E-state index contributed by atoms with van der Waals surface area (Å²) in [6, 6.07) is 1.89. The highest BCUT2D eigenvalue weighted by atomic mass is 32.1. The highest BCUT2D eigenvalue weighted by Gasteiger charge is 2.12. The quantitative estimate of drug-likeness (QED) is 0.756. The number of rotatable bonds is 2. The normalized spacial score (nSPS) is 17.5. The molecule has 1 aromatic heterocycles. The fourth-order valence-electron chi connectivity index (χ4n) is 1.87. The maximum Gasteiger partial charge on any atom is 0.130 e. The molecule has 1 aromatic rings. The minimum atomic E-state index is 0.690. The molecule has 4 heteroatoms. The van der Waals surface area contributed by atoms with E-state index >= 15 is 0 Å². The molecule has 2 heterocycles. The maximum absolute atomic E-state index is 5.08. The Kier molecular flexibility index (Phi) is 2.93. The Morgan fingerprint density at radius 3 is 2.86 bits per heavy atom. The molecule has 0 radical (unpaired) electrons. The lowest BCUT2D eigenvalue weighted by atomic mass is 10.4. The largest absolute Gasteiger partial charge is 0.346 e. The first-order chi connectivity index (χ1) is 6.74. The molecule has 2 rings (SSSR count). The van der Waals surface area contributed by atoms with Gasteiger partial charge in [0.25, 0.3) is 0 Å². The molecule has 0 aromatic carbocycles. The summed E-state index contributed by atoms with van der Waals surface area (Å²) in [6.07, 6.45) is 2.62. The predicted molar refractivity (Wildman–Crippen MR) is 58.7 cm³/mol. The zero-order valence-corrected chi connectivity index (χ0v) is 9.23. The number of likely N-dealkylation sites (tertiary alicyclic amines) is 1. The number of hydrogen-bond donors (Lipinski definition) is 1. The van der Waals surface area contributed by atoms with Crippen LogP contribution < -0.4 is 0 Å². The van der Waals surface area contributed by atoms with E-state index in [2.05, 4.69) is 14.9 Å². The zero-order chi connectivity index (χ0) is 9.97. The number of H-pyrrole nitrogens is 1. The van der Waals surface area contributed by atoms with Crippen LogP contribution in [0.25, 0.3) is 0 Å². The molecule has 0 aliphatic carbocycles. The third kappa shape index (κ3) is 2.39. The van der Waals surface area contributed by atoms with Crippen molar-refractivity contribution in [2.45, 2.75) is 26.3 Å². The van der Waals surface area contributed by atoms with E-state index in [-0.39, 0.29) is 0 Å². The predicted octanol–water partition coefficient (Wildman–Crippen LogP) is 2.04. The van der Waals surface area contributed by atoms with Crippen molar-refractivity contribution in [3.05, 3.63) is 22.2 Å².